The molecule has 1 heterocycles. The van der Waals surface area contributed by atoms with Crippen molar-refractivity contribution in [2.24, 2.45) is 0 Å². The van der Waals surface area contributed by atoms with E-state index in [1.54, 1.807) is 7.11 Å². The highest BCUT2D eigenvalue weighted by Crippen LogP contribution is 2.28. The predicted octanol–water partition coefficient (Wildman–Crippen LogP) is 1.64. The summed E-state index contributed by atoms with van der Waals surface area (Å²) in [7, 11) is 1.58. The lowest BCUT2D eigenvalue weighted by atomic mass is 10.0. The molecule has 72 valence electrons. The first kappa shape index (κ1) is 8.81. The molecule has 0 radical (unpaired) electrons. The molecule has 0 saturated carbocycles. The molecule has 1 aromatic carbocycles. The molecule has 0 fully saturated rings. The molecule has 0 atom stereocenters. The second-order valence-electron chi connectivity index (χ2n) is 2.97. The average Bonchev–Trinajstić information content (AvgIpc) is 2.64. The van der Waals surface area contributed by atoms with Crippen LogP contribution in [0.5, 0.6) is 5.75 Å². The summed E-state index contributed by atoms with van der Waals surface area (Å²) in [6.45, 7) is 0.132. The second-order valence-corrected chi connectivity index (χ2v) is 2.97. The van der Waals surface area contributed by atoms with Crippen LogP contribution in [0.3, 0.4) is 0 Å². The lowest BCUT2D eigenvalue weighted by Crippen LogP contribution is -2.01. The first-order valence-electron chi connectivity index (χ1n) is 4.31. The fourth-order valence-corrected chi connectivity index (χ4v) is 1.42. The molecule has 0 amide bonds. The zero-order chi connectivity index (χ0) is 9.97. The number of hydrogen-bond donors (Lipinski definition) is 0. The molecule has 0 spiro atoms. The van der Waals surface area contributed by atoms with Crippen molar-refractivity contribution in [2.75, 3.05) is 13.7 Å². The molecule has 1 aliphatic heterocycles. The maximum Gasteiger partial charge on any atom is 0.203 e. The van der Waals surface area contributed by atoms with Gasteiger partial charge in [0.25, 0.3) is 0 Å². The number of benzene rings is 1. The molecule has 3 nitrogen and oxygen atoms in total. The normalized spacial score (nSPS) is 14.9. The van der Waals surface area contributed by atoms with Gasteiger partial charge in [-0.05, 0) is 6.07 Å². The zero-order valence-corrected chi connectivity index (χ0v) is 7.82. The van der Waals surface area contributed by atoms with Crippen molar-refractivity contribution in [1.82, 2.24) is 0 Å². The largest absolute Gasteiger partial charge is 0.496 e. The van der Waals surface area contributed by atoms with Crippen LogP contribution in [0.1, 0.15) is 5.56 Å². The molecule has 0 aliphatic carbocycles. The molecule has 1 aliphatic rings. The summed E-state index contributed by atoms with van der Waals surface area (Å²) in [5.74, 6) is 0.687. The van der Waals surface area contributed by atoms with Crippen LogP contribution >= 0.6 is 0 Å². The average molecular weight is 190 g/mol. The number of carbonyl (C=O) groups excluding carboxylic acids is 1. The predicted molar refractivity (Wildman–Crippen MR) is 51.9 cm³/mol. The highest BCUT2D eigenvalue weighted by molar-refractivity contribution is 6.23. The Morgan fingerprint density at radius 3 is 2.79 bits per heavy atom. The summed E-state index contributed by atoms with van der Waals surface area (Å²) in [4.78, 5) is 11.4. The van der Waals surface area contributed by atoms with Crippen LogP contribution in [0, 0.1) is 0 Å². The van der Waals surface area contributed by atoms with Crippen LogP contribution in [0.15, 0.2) is 30.5 Å². The van der Waals surface area contributed by atoms with Crippen molar-refractivity contribution < 1.29 is 14.3 Å². The van der Waals surface area contributed by atoms with E-state index >= 15 is 0 Å². The van der Waals surface area contributed by atoms with Crippen molar-refractivity contribution in [3.63, 3.8) is 0 Å². The van der Waals surface area contributed by atoms with Gasteiger partial charge in [0.2, 0.25) is 5.78 Å². The fourth-order valence-electron chi connectivity index (χ4n) is 1.42. The van der Waals surface area contributed by atoms with Gasteiger partial charge in [0, 0.05) is 5.56 Å². The van der Waals surface area contributed by atoms with Crippen molar-refractivity contribution in [3.05, 3.63) is 36.1 Å². The Bertz CT molecular complexity index is 393. The van der Waals surface area contributed by atoms with Gasteiger partial charge >= 0.3 is 0 Å². The van der Waals surface area contributed by atoms with Crippen LogP contribution in [-0.4, -0.2) is 19.5 Å². The van der Waals surface area contributed by atoms with Gasteiger partial charge in [0.15, 0.2) is 6.61 Å². The summed E-state index contributed by atoms with van der Waals surface area (Å²) >= 11 is 0. The summed E-state index contributed by atoms with van der Waals surface area (Å²) < 4.78 is 10.1. The Kier molecular flexibility index (Phi) is 2.23. The van der Waals surface area contributed by atoms with E-state index in [9.17, 15) is 4.79 Å². The lowest BCUT2D eigenvalue weighted by Gasteiger charge is -2.06. The number of rotatable bonds is 2. The van der Waals surface area contributed by atoms with E-state index in [1.807, 2.05) is 24.3 Å². The highest BCUT2D eigenvalue weighted by atomic mass is 16.5. The van der Waals surface area contributed by atoms with E-state index < -0.39 is 0 Å². The third-order valence-electron chi connectivity index (χ3n) is 2.11. The first-order chi connectivity index (χ1) is 6.83. The number of hydrogen-bond acceptors (Lipinski definition) is 3. The summed E-state index contributed by atoms with van der Waals surface area (Å²) in [6, 6.07) is 7.40. The molecule has 2 rings (SSSR count). The maximum absolute atomic E-state index is 11.4. The maximum atomic E-state index is 11.4. The number of methoxy groups -OCH3 is 1. The van der Waals surface area contributed by atoms with E-state index in [0.717, 1.165) is 5.56 Å². The van der Waals surface area contributed by atoms with E-state index in [-0.39, 0.29) is 12.4 Å². The standard InChI is InChI=1S/C11H10O3/c1-13-11-5-3-2-4-8(11)9-6-14-7-10(9)12/h2-6H,7H2,1H3. The van der Waals surface area contributed by atoms with Gasteiger partial charge < -0.3 is 9.47 Å². The van der Waals surface area contributed by atoms with Gasteiger partial charge in [-0.1, -0.05) is 18.2 Å². The third-order valence-corrected chi connectivity index (χ3v) is 2.11. The minimum atomic E-state index is -0.00509. The molecule has 1 aromatic rings. The van der Waals surface area contributed by atoms with E-state index in [4.69, 9.17) is 9.47 Å². The van der Waals surface area contributed by atoms with Crippen molar-refractivity contribution in [2.45, 2.75) is 0 Å². The number of ketones is 1. The van der Waals surface area contributed by atoms with Crippen LogP contribution in [0.4, 0.5) is 0 Å². The monoisotopic (exact) mass is 190 g/mol. The van der Waals surface area contributed by atoms with Crippen LogP contribution in [-0.2, 0) is 9.53 Å². The summed E-state index contributed by atoms with van der Waals surface area (Å²) in [6.07, 6.45) is 1.49. The van der Waals surface area contributed by atoms with Crippen molar-refractivity contribution in [1.29, 1.82) is 0 Å². The summed E-state index contributed by atoms with van der Waals surface area (Å²) in [5.41, 5.74) is 1.37. The highest BCUT2D eigenvalue weighted by Gasteiger charge is 2.20. The van der Waals surface area contributed by atoms with Crippen LogP contribution in [0.2, 0.25) is 0 Å². The number of Topliss-reactive ketones (excluding diaryl/α,β-unsaturated/α-hetero) is 1. The topological polar surface area (TPSA) is 35.5 Å². The lowest BCUT2D eigenvalue weighted by molar-refractivity contribution is -0.115. The number of para-hydroxylation sites is 1. The van der Waals surface area contributed by atoms with E-state index in [1.165, 1.54) is 6.26 Å². The molecule has 3 heteroatoms. The number of ether oxygens (including phenoxy) is 2. The molecule has 14 heavy (non-hydrogen) atoms. The minimum absolute atomic E-state index is 0.00509. The smallest absolute Gasteiger partial charge is 0.203 e. The Morgan fingerprint density at radius 1 is 1.36 bits per heavy atom. The van der Waals surface area contributed by atoms with Gasteiger partial charge in [0.1, 0.15) is 5.75 Å². The van der Waals surface area contributed by atoms with Gasteiger partial charge in [-0.3, -0.25) is 4.79 Å². The van der Waals surface area contributed by atoms with Crippen molar-refractivity contribution >= 4 is 11.4 Å². The molecular weight excluding hydrogens is 180 g/mol. The minimum Gasteiger partial charge on any atom is -0.496 e. The third kappa shape index (κ3) is 1.37. The van der Waals surface area contributed by atoms with E-state index in [0.29, 0.717) is 11.3 Å². The molecule has 0 saturated heterocycles. The molecular formula is C11H10O3. The SMILES string of the molecule is COc1ccccc1C1=COCC1=O. The Labute approximate surface area is 81.9 Å². The quantitative estimate of drug-likeness (QED) is 0.711. The summed E-state index contributed by atoms with van der Waals surface area (Å²) in [5, 5.41) is 0. The van der Waals surface area contributed by atoms with Gasteiger partial charge in [0.05, 0.1) is 18.9 Å². The fraction of sp³-hybridized carbons (Fsp3) is 0.182. The molecule has 0 unspecified atom stereocenters. The molecule has 0 bridgehead atoms. The second kappa shape index (κ2) is 3.54. The van der Waals surface area contributed by atoms with Gasteiger partial charge in [-0.2, -0.15) is 0 Å². The number of carbonyl (C=O) groups is 1. The molecule has 0 N–H and O–H groups in total. The zero-order valence-electron chi connectivity index (χ0n) is 7.82. The Morgan fingerprint density at radius 2 is 2.14 bits per heavy atom. The van der Waals surface area contributed by atoms with Gasteiger partial charge in [-0.15, -0.1) is 0 Å². The van der Waals surface area contributed by atoms with E-state index in [2.05, 4.69) is 0 Å². The molecule has 0 aromatic heterocycles. The van der Waals surface area contributed by atoms with Crippen LogP contribution < -0.4 is 4.74 Å². The van der Waals surface area contributed by atoms with Gasteiger partial charge in [-0.25, -0.2) is 0 Å². The Balaban J connectivity index is 2.45. The Hall–Kier alpha value is -1.77. The van der Waals surface area contributed by atoms with Crippen LogP contribution in [0.25, 0.3) is 5.57 Å². The van der Waals surface area contributed by atoms with Crippen molar-refractivity contribution in [3.8, 4) is 5.75 Å². The first-order valence-corrected chi connectivity index (χ1v) is 4.31.